The second-order valence-corrected chi connectivity index (χ2v) is 5.69. The molecule has 17 heavy (non-hydrogen) atoms. The van der Waals surface area contributed by atoms with Crippen molar-refractivity contribution in [2.45, 2.75) is 31.9 Å². The Labute approximate surface area is 108 Å². The lowest BCUT2D eigenvalue weighted by Crippen LogP contribution is -2.22. The van der Waals surface area contributed by atoms with E-state index in [2.05, 4.69) is 48.4 Å². The van der Waals surface area contributed by atoms with E-state index < -0.39 is 0 Å². The van der Waals surface area contributed by atoms with E-state index in [1.54, 1.807) is 0 Å². The zero-order valence-corrected chi connectivity index (χ0v) is 11.4. The fraction of sp³-hybridized carbons (Fsp3) is 0.500. The molecule has 92 valence electrons. The number of amidine groups is 1. The van der Waals surface area contributed by atoms with E-state index >= 15 is 0 Å². The van der Waals surface area contributed by atoms with Crippen LogP contribution in [0.5, 0.6) is 0 Å². The monoisotopic (exact) mass is 248 g/mol. The zero-order chi connectivity index (χ0) is 12.1. The molecule has 1 unspecified atom stereocenters. The molecule has 0 saturated carbocycles. The van der Waals surface area contributed by atoms with E-state index in [4.69, 9.17) is 0 Å². The lowest BCUT2D eigenvalue weighted by Gasteiger charge is -2.08. The summed E-state index contributed by atoms with van der Waals surface area (Å²) in [4.78, 5) is 4.51. The number of rotatable bonds is 4. The van der Waals surface area contributed by atoms with Crippen LogP contribution >= 0.6 is 11.8 Å². The predicted molar refractivity (Wildman–Crippen MR) is 76.9 cm³/mol. The van der Waals surface area contributed by atoms with Crippen LogP contribution in [-0.2, 0) is 6.42 Å². The number of hydrogen-bond acceptors (Lipinski definition) is 3. The first-order valence-corrected chi connectivity index (χ1v) is 7.17. The maximum atomic E-state index is 4.51. The molecule has 1 aromatic rings. The molecule has 0 aliphatic carbocycles. The van der Waals surface area contributed by atoms with Crippen LogP contribution in [0.15, 0.2) is 29.3 Å². The number of aryl methyl sites for hydroxylation is 1. The van der Waals surface area contributed by atoms with Crippen molar-refractivity contribution in [1.29, 1.82) is 0 Å². The highest BCUT2D eigenvalue weighted by Gasteiger charge is 2.16. The smallest absolute Gasteiger partial charge is 0.156 e. The molecule has 0 saturated heterocycles. The van der Waals surface area contributed by atoms with Gasteiger partial charge in [0.25, 0.3) is 0 Å². The van der Waals surface area contributed by atoms with E-state index in [0.29, 0.717) is 5.25 Å². The summed E-state index contributed by atoms with van der Waals surface area (Å²) in [6.45, 7) is 6.36. The van der Waals surface area contributed by atoms with Crippen LogP contribution in [0.25, 0.3) is 0 Å². The molecule has 0 spiro atoms. The summed E-state index contributed by atoms with van der Waals surface area (Å²) in [7, 11) is 0. The Kier molecular flexibility index (Phi) is 4.49. The third-order valence-electron chi connectivity index (χ3n) is 3.10. The maximum absolute atomic E-state index is 4.51. The van der Waals surface area contributed by atoms with Crippen molar-refractivity contribution in [1.82, 2.24) is 5.32 Å². The fourth-order valence-corrected chi connectivity index (χ4v) is 2.89. The summed E-state index contributed by atoms with van der Waals surface area (Å²) in [5.74, 6) is 0. The van der Waals surface area contributed by atoms with E-state index in [1.807, 2.05) is 11.8 Å². The average Bonchev–Trinajstić information content (AvgIpc) is 2.80. The minimum atomic E-state index is 0.691. The minimum Gasteiger partial charge on any atom is -0.365 e. The first-order valence-electron chi connectivity index (χ1n) is 6.29. The Morgan fingerprint density at radius 2 is 2.24 bits per heavy atom. The molecule has 1 N–H and O–H groups in total. The molecule has 0 amide bonds. The predicted octanol–water partition coefficient (Wildman–Crippen LogP) is 3.01. The van der Waals surface area contributed by atoms with Crippen molar-refractivity contribution in [3.05, 3.63) is 35.4 Å². The molecule has 1 aliphatic heterocycles. The van der Waals surface area contributed by atoms with Crippen LogP contribution in [0.2, 0.25) is 0 Å². The molecule has 1 atom stereocenters. The number of nitrogens with one attached hydrogen (secondary N) is 1. The van der Waals surface area contributed by atoms with Gasteiger partial charge < -0.3 is 5.32 Å². The second kappa shape index (κ2) is 6.10. The van der Waals surface area contributed by atoms with E-state index in [0.717, 1.165) is 24.7 Å². The van der Waals surface area contributed by atoms with Gasteiger partial charge in [-0.2, -0.15) is 0 Å². The lowest BCUT2D eigenvalue weighted by molar-refractivity contribution is 0.835. The molecular formula is C14H20N2S. The highest BCUT2D eigenvalue weighted by molar-refractivity contribution is 8.14. The van der Waals surface area contributed by atoms with Crippen molar-refractivity contribution in [2.24, 2.45) is 4.99 Å². The molecule has 2 nitrogen and oxygen atoms in total. The van der Waals surface area contributed by atoms with Gasteiger partial charge in [0.1, 0.15) is 0 Å². The van der Waals surface area contributed by atoms with E-state index in [9.17, 15) is 0 Å². The highest BCUT2D eigenvalue weighted by Crippen LogP contribution is 2.21. The lowest BCUT2D eigenvalue weighted by atomic mass is 10.1. The van der Waals surface area contributed by atoms with Gasteiger partial charge in [0, 0.05) is 11.8 Å². The van der Waals surface area contributed by atoms with Gasteiger partial charge in [0.05, 0.1) is 6.54 Å². The van der Waals surface area contributed by atoms with Gasteiger partial charge >= 0.3 is 0 Å². The van der Waals surface area contributed by atoms with Crippen LogP contribution in [0.3, 0.4) is 0 Å². The Balaban J connectivity index is 1.76. The number of hydrogen-bond donors (Lipinski definition) is 1. The van der Waals surface area contributed by atoms with Gasteiger partial charge in [-0.1, -0.05) is 43.0 Å². The topological polar surface area (TPSA) is 24.4 Å². The average molecular weight is 248 g/mol. The summed E-state index contributed by atoms with van der Waals surface area (Å²) in [5.41, 5.74) is 2.80. The summed E-state index contributed by atoms with van der Waals surface area (Å²) in [6, 6.07) is 8.58. The first-order chi connectivity index (χ1) is 8.29. The molecule has 3 heteroatoms. The number of thioether (sulfide) groups is 1. The van der Waals surface area contributed by atoms with Crippen molar-refractivity contribution in [3.63, 3.8) is 0 Å². The van der Waals surface area contributed by atoms with Gasteiger partial charge in [-0.05, 0) is 30.9 Å². The van der Waals surface area contributed by atoms with Crippen molar-refractivity contribution < 1.29 is 0 Å². The Morgan fingerprint density at radius 3 is 2.94 bits per heavy atom. The SMILES string of the molecule is CCC1CN=C(NCCc2ccccc2C)S1. The third kappa shape index (κ3) is 3.50. The number of nitrogens with zero attached hydrogens (tertiary/aromatic N) is 1. The zero-order valence-electron chi connectivity index (χ0n) is 10.6. The number of benzene rings is 1. The molecule has 2 rings (SSSR count). The molecule has 0 aromatic heterocycles. The van der Waals surface area contributed by atoms with E-state index in [-0.39, 0.29) is 0 Å². The van der Waals surface area contributed by atoms with Crippen LogP contribution in [0, 0.1) is 6.92 Å². The molecule has 0 fully saturated rings. The third-order valence-corrected chi connectivity index (χ3v) is 4.42. The highest BCUT2D eigenvalue weighted by atomic mass is 32.2. The largest absolute Gasteiger partial charge is 0.365 e. The van der Waals surface area contributed by atoms with Crippen molar-refractivity contribution in [2.75, 3.05) is 13.1 Å². The van der Waals surface area contributed by atoms with Gasteiger partial charge in [-0.15, -0.1) is 0 Å². The molecule has 0 bridgehead atoms. The molecule has 0 radical (unpaired) electrons. The summed E-state index contributed by atoms with van der Waals surface area (Å²) in [6.07, 6.45) is 2.28. The van der Waals surface area contributed by atoms with Gasteiger partial charge in [0.15, 0.2) is 5.17 Å². The van der Waals surface area contributed by atoms with Crippen LogP contribution in [0.4, 0.5) is 0 Å². The standard InChI is InChI=1S/C14H20N2S/c1-3-13-10-16-14(17-13)15-9-8-12-7-5-4-6-11(12)2/h4-7,13H,3,8-10H2,1-2H3,(H,15,16). The first kappa shape index (κ1) is 12.5. The molecule has 1 aromatic carbocycles. The van der Waals surface area contributed by atoms with Gasteiger partial charge in [-0.3, -0.25) is 4.99 Å². The normalized spacial score (nSPS) is 19.2. The summed E-state index contributed by atoms with van der Waals surface area (Å²) < 4.78 is 0. The Bertz CT molecular complexity index is 401. The van der Waals surface area contributed by atoms with Gasteiger partial charge in [0.2, 0.25) is 0 Å². The minimum absolute atomic E-state index is 0.691. The van der Waals surface area contributed by atoms with Crippen molar-refractivity contribution in [3.8, 4) is 0 Å². The molecular weight excluding hydrogens is 228 g/mol. The summed E-state index contributed by atoms with van der Waals surface area (Å²) >= 11 is 1.89. The Hall–Kier alpha value is -0.960. The second-order valence-electron chi connectivity index (χ2n) is 4.40. The molecule has 1 heterocycles. The van der Waals surface area contributed by atoms with Crippen LogP contribution in [0.1, 0.15) is 24.5 Å². The summed E-state index contributed by atoms with van der Waals surface area (Å²) in [5, 5.41) is 5.26. The fourth-order valence-electron chi connectivity index (χ4n) is 1.92. The van der Waals surface area contributed by atoms with Crippen molar-refractivity contribution >= 4 is 16.9 Å². The van der Waals surface area contributed by atoms with Crippen LogP contribution < -0.4 is 5.32 Å². The van der Waals surface area contributed by atoms with E-state index in [1.165, 1.54) is 17.5 Å². The Morgan fingerprint density at radius 1 is 1.41 bits per heavy atom. The number of aliphatic imine (C=N–C) groups is 1. The quantitative estimate of drug-likeness (QED) is 0.886. The maximum Gasteiger partial charge on any atom is 0.156 e. The molecule has 1 aliphatic rings. The van der Waals surface area contributed by atoms with Gasteiger partial charge in [-0.25, -0.2) is 0 Å². The van der Waals surface area contributed by atoms with Crippen LogP contribution in [-0.4, -0.2) is 23.5 Å².